The molecule has 3 rings (SSSR count). The van der Waals surface area contributed by atoms with E-state index in [1.807, 2.05) is 53.1 Å². The minimum atomic E-state index is -0.229. The Morgan fingerprint density at radius 3 is 2.42 bits per heavy atom. The number of benzene rings is 2. The van der Waals surface area contributed by atoms with E-state index in [4.69, 9.17) is 9.47 Å². The third kappa shape index (κ3) is 6.30. The molecule has 1 aliphatic heterocycles. The van der Waals surface area contributed by atoms with Crippen molar-refractivity contribution in [2.24, 2.45) is 0 Å². The molecule has 31 heavy (non-hydrogen) atoms. The number of urea groups is 1. The topological polar surface area (TPSA) is 71.1 Å². The molecular formula is C23H29N3O4S. The maximum absolute atomic E-state index is 12.6. The van der Waals surface area contributed by atoms with E-state index in [2.05, 4.69) is 5.32 Å². The van der Waals surface area contributed by atoms with E-state index in [0.717, 1.165) is 35.7 Å². The molecule has 7 nitrogen and oxygen atoms in total. The summed E-state index contributed by atoms with van der Waals surface area (Å²) in [5, 5.41) is 2.89. The number of thioether (sulfide) groups is 1. The molecule has 0 unspecified atom stereocenters. The number of carbonyl (C=O) groups excluding carboxylic acids is 2. The van der Waals surface area contributed by atoms with Gasteiger partial charge in [0.05, 0.1) is 27.2 Å². The molecule has 0 aliphatic carbocycles. The average molecular weight is 444 g/mol. The van der Waals surface area contributed by atoms with Crippen LogP contribution in [-0.2, 0) is 17.8 Å². The van der Waals surface area contributed by atoms with Gasteiger partial charge in [0.1, 0.15) is 11.5 Å². The van der Waals surface area contributed by atoms with Crippen LogP contribution in [0.2, 0.25) is 0 Å². The Morgan fingerprint density at radius 2 is 1.77 bits per heavy atom. The molecule has 0 spiro atoms. The van der Waals surface area contributed by atoms with E-state index in [-0.39, 0.29) is 11.9 Å². The molecule has 1 heterocycles. The number of hydrogen-bond donors (Lipinski definition) is 1. The Hall–Kier alpha value is -2.87. The minimum absolute atomic E-state index is 0.158. The molecule has 0 bridgehead atoms. The van der Waals surface area contributed by atoms with Crippen LogP contribution >= 0.6 is 11.8 Å². The van der Waals surface area contributed by atoms with Crippen LogP contribution in [0.1, 0.15) is 11.1 Å². The Kier molecular flexibility index (Phi) is 8.06. The summed E-state index contributed by atoms with van der Waals surface area (Å²) in [6.07, 6.45) is 0.385. The number of carbonyl (C=O) groups is 2. The third-order valence-electron chi connectivity index (χ3n) is 5.17. The molecule has 1 saturated heterocycles. The van der Waals surface area contributed by atoms with Crippen LogP contribution in [0.5, 0.6) is 11.5 Å². The van der Waals surface area contributed by atoms with Crippen molar-refractivity contribution in [3.63, 3.8) is 0 Å². The summed E-state index contributed by atoms with van der Waals surface area (Å²) >= 11 is 1.89. The first-order valence-electron chi connectivity index (χ1n) is 10.2. The molecule has 1 aliphatic rings. The van der Waals surface area contributed by atoms with Crippen LogP contribution in [0.25, 0.3) is 0 Å². The first-order valence-corrected chi connectivity index (χ1v) is 11.3. The summed E-state index contributed by atoms with van der Waals surface area (Å²) in [5.74, 6) is 3.54. The van der Waals surface area contributed by atoms with E-state index in [1.165, 1.54) is 0 Å². The highest BCUT2D eigenvalue weighted by atomic mass is 32.2. The highest BCUT2D eigenvalue weighted by Gasteiger charge is 2.17. The molecular weight excluding hydrogens is 414 g/mol. The summed E-state index contributed by atoms with van der Waals surface area (Å²) in [7, 11) is 4.92. The normalized spacial score (nSPS) is 13.5. The van der Waals surface area contributed by atoms with Gasteiger partial charge in [0.25, 0.3) is 0 Å². The molecule has 0 aromatic heterocycles. The number of methoxy groups -OCH3 is 2. The molecule has 1 fully saturated rings. The molecule has 0 radical (unpaired) electrons. The molecule has 3 amide bonds. The van der Waals surface area contributed by atoms with Crippen LogP contribution in [0.15, 0.2) is 42.5 Å². The third-order valence-corrected chi connectivity index (χ3v) is 6.12. The predicted octanol–water partition coefficient (Wildman–Crippen LogP) is 3.49. The number of amides is 3. The SMILES string of the molecule is COc1ccc(CN(C)C(=O)Nc2ccc(CC(=O)N3CCSCC3)cc2)c(OC)c1. The summed E-state index contributed by atoms with van der Waals surface area (Å²) in [6.45, 7) is 2.03. The zero-order chi connectivity index (χ0) is 22.2. The Bertz CT molecular complexity index is 898. The van der Waals surface area contributed by atoms with Gasteiger partial charge in [-0.05, 0) is 29.8 Å². The largest absolute Gasteiger partial charge is 0.497 e. The Labute approximate surface area is 187 Å². The van der Waals surface area contributed by atoms with Crippen LogP contribution in [0.4, 0.5) is 10.5 Å². The molecule has 2 aromatic carbocycles. The van der Waals surface area contributed by atoms with Gasteiger partial charge in [-0.2, -0.15) is 11.8 Å². The van der Waals surface area contributed by atoms with Gasteiger partial charge in [0.2, 0.25) is 5.91 Å². The van der Waals surface area contributed by atoms with Crippen LogP contribution in [-0.4, -0.2) is 67.6 Å². The zero-order valence-corrected chi connectivity index (χ0v) is 19.0. The smallest absolute Gasteiger partial charge is 0.321 e. The van der Waals surface area contributed by atoms with Crippen molar-refractivity contribution in [1.82, 2.24) is 9.80 Å². The van der Waals surface area contributed by atoms with Crippen molar-refractivity contribution in [2.45, 2.75) is 13.0 Å². The van der Waals surface area contributed by atoms with Gasteiger partial charge in [0.15, 0.2) is 0 Å². The first kappa shape index (κ1) is 22.8. The predicted molar refractivity (Wildman–Crippen MR) is 124 cm³/mol. The summed E-state index contributed by atoms with van der Waals surface area (Å²) in [5.41, 5.74) is 2.51. The lowest BCUT2D eigenvalue weighted by Gasteiger charge is -2.26. The number of rotatable bonds is 7. The van der Waals surface area contributed by atoms with Crippen molar-refractivity contribution in [1.29, 1.82) is 0 Å². The maximum Gasteiger partial charge on any atom is 0.321 e. The van der Waals surface area contributed by atoms with Gasteiger partial charge < -0.3 is 24.6 Å². The number of hydrogen-bond acceptors (Lipinski definition) is 5. The maximum atomic E-state index is 12.6. The second kappa shape index (κ2) is 10.9. The van der Waals surface area contributed by atoms with Gasteiger partial charge in [-0.1, -0.05) is 12.1 Å². The molecule has 1 N–H and O–H groups in total. The van der Waals surface area contributed by atoms with E-state index >= 15 is 0 Å². The average Bonchev–Trinajstić information content (AvgIpc) is 2.81. The lowest BCUT2D eigenvalue weighted by Crippen LogP contribution is -2.38. The summed E-state index contributed by atoms with van der Waals surface area (Å²) < 4.78 is 10.6. The van der Waals surface area contributed by atoms with Crippen molar-refractivity contribution < 1.29 is 19.1 Å². The van der Waals surface area contributed by atoms with Gasteiger partial charge in [-0.3, -0.25) is 4.79 Å². The van der Waals surface area contributed by atoms with Gasteiger partial charge in [-0.15, -0.1) is 0 Å². The quantitative estimate of drug-likeness (QED) is 0.709. The Morgan fingerprint density at radius 1 is 1.06 bits per heavy atom. The second-order valence-electron chi connectivity index (χ2n) is 7.33. The molecule has 166 valence electrons. The number of nitrogens with zero attached hydrogens (tertiary/aromatic N) is 2. The monoisotopic (exact) mass is 443 g/mol. The van der Waals surface area contributed by atoms with E-state index < -0.39 is 0 Å². The van der Waals surface area contributed by atoms with Crippen molar-refractivity contribution >= 4 is 29.4 Å². The fraction of sp³-hybridized carbons (Fsp3) is 0.391. The summed E-state index contributed by atoms with van der Waals surface area (Å²) in [4.78, 5) is 28.5. The van der Waals surface area contributed by atoms with E-state index in [0.29, 0.717) is 30.2 Å². The fourth-order valence-corrected chi connectivity index (χ4v) is 4.24. The lowest BCUT2D eigenvalue weighted by atomic mass is 10.1. The first-order chi connectivity index (χ1) is 15.0. The van der Waals surface area contributed by atoms with E-state index in [9.17, 15) is 9.59 Å². The van der Waals surface area contributed by atoms with E-state index in [1.54, 1.807) is 32.2 Å². The van der Waals surface area contributed by atoms with Crippen molar-refractivity contribution in [2.75, 3.05) is 51.2 Å². The fourth-order valence-electron chi connectivity index (χ4n) is 3.33. The Balaban J connectivity index is 1.54. The molecule has 2 aromatic rings. The zero-order valence-electron chi connectivity index (χ0n) is 18.2. The molecule has 0 atom stereocenters. The highest BCUT2D eigenvalue weighted by Crippen LogP contribution is 2.25. The van der Waals surface area contributed by atoms with Gasteiger partial charge in [-0.25, -0.2) is 4.79 Å². The van der Waals surface area contributed by atoms with Crippen LogP contribution in [0.3, 0.4) is 0 Å². The number of ether oxygens (including phenoxy) is 2. The van der Waals surface area contributed by atoms with Crippen LogP contribution < -0.4 is 14.8 Å². The van der Waals surface area contributed by atoms with Crippen LogP contribution in [0, 0.1) is 0 Å². The van der Waals surface area contributed by atoms with Crippen molar-refractivity contribution in [3.05, 3.63) is 53.6 Å². The molecule has 0 saturated carbocycles. The highest BCUT2D eigenvalue weighted by molar-refractivity contribution is 7.99. The van der Waals surface area contributed by atoms with Gasteiger partial charge in [0, 0.05) is 49.0 Å². The molecule has 8 heteroatoms. The standard InChI is InChI=1S/C23H29N3O4S/c1-25(16-18-6-9-20(29-2)15-21(18)30-3)23(28)24-19-7-4-17(5-8-19)14-22(27)26-10-12-31-13-11-26/h4-9,15H,10-14,16H2,1-3H3,(H,24,28). The van der Waals surface area contributed by atoms with Gasteiger partial charge >= 0.3 is 6.03 Å². The lowest BCUT2D eigenvalue weighted by molar-refractivity contribution is -0.130. The number of nitrogens with one attached hydrogen (secondary N) is 1. The number of anilines is 1. The van der Waals surface area contributed by atoms with Crippen molar-refractivity contribution in [3.8, 4) is 11.5 Å². The second-order valence-corrected chi connectivity index (χ2v) is 8.56. The minimum Gasteiger partial charge on any atom is -0.497 e. The summed E-state index contributed by atoms with van der Waals surface area (Å²) in [6, 6.07) is 12.7.